The van der Waals surface area contributed by atoms with Gasteiger partial charge in [-0.1, -0.05) is 11.6 Å². The van der Waals surface area contributed by atoms with Crippen molar-refractivity contribution in [2.75, 3.05) is 7.11 Å². The van der Waals surface area contributed by atoms with E-state index in [0.29, 0.717) is 12.2 Å². The molecule has 0 amide bonds. The van der Waals surface area contributed by atoms with Crippen LogP contribution < -0.4 is 4.74 Å². The van der Waals surface area contributed by atoms with Gasteiger partial charge in [-0.3, -0.25) is 4.79 Å². The van der Waals surface area contributed by atoms with Crippen LogP contribution >= 0.6 is 0 Å². The van der Waals surface area contributed by atoms with E-state index in [-0.39, 0.29) is 5.82 Å². The summed E-state index contributed by atoms with van der Waals surface area (Å²) in [5.41, 5.74) is 1.82. The van der Waals surface area contributed by atoms with E-state index in [2.05, 4.69) is 9.97 Å². The van der Waals surface area contributed by atoms with Crippen molar-refractivity contribution >= 4 is 17.2 Å². The van der Waals surface area contributed by atoms with Crippen LogP contribution in [-0.4, -0.2) is 23.4 Å². The van der Waals surface area contributed by atoms with Crippen molar-refractivity contribution in [3.8, 4) is 5.88 Å². The van der Waals surface area contributed by atoms with Crippen LogP contribution in [0.15, 0.2) is 18.2 Å². The van der Waals surface area contributed by atoms with Crippen LogP contribution in [0.5, 0.6) is 5.88 Å². The molecule has 0 spiro atoms. The average molecular weight is 202 g/mol. The van der Waals surface area contributed by atoms with Crippen molar-refractivity contribution < 1.29 is 9.53 Å². The van der Waals surface area contributed by atoms with Crippen molar-refractivity contribution in [3.05, 3.63) is 29.6 Å². The summed E-state index contributed by atoms with van der Waals surface area (Å²) >= 11 is 0. The Hall–Kier alpha value is -1.97. The van der Waals surface area contributed by atoms with Crippen LogP contribution in [0.2, 0.25) is 0 Å². The van der Waals surface area contributed by atoms with E-state index in [1.165, 1.54) is 7.11 Å². The summed E-state index contributed by atoms with van der Waals surface area (Å²) in [5.74, 6) is 0.578. The monoisotopic (exact) mass is 202 g/mol. The first-order chi connectivity index (χ1) is 7.24. The highest BCUT2D eigenvalue weighted by Crippen LogP contribution is 2.22. The molecule has 0 saturated carbocycles. The first-order valence-electron chi connectivity index (χ1n) is 4.52. The molecule has 15 heavy (non-hydrogen) atoms. The van der Waals surface area contributed by atoms with E-state index in [1.54, 1.807) is 0 Å². The molecule has 0 fully saturated rings. The van der Waals surface area contributed by atoms with Crippen LogP contribution in [-0.2, 0) is 0 Å². The predicted molar refractivity (Wildman–Crippen MR) is 56.2 cm³/mol. The maximum Gasteiger partial charge on any atom is 0.224 e. The van der Waals surface area contributed by atoms with Crippen molar-refractivity contribution in [2.24, 2.45) is 0 Å². The van der Waals surface area contributed by atoms with E-state index < -0.39 is 0 Å². The Labute approximate surface area is 86.9 Å². The van der Waals surface area contributed by atoms with E-state index in [9.17, 15) is 4.79 Å². The number of aryl methyl sites for hydroxylation is 1. The lowest BCUT2D eigenvalue weighted by Crippen LogP contribution is -1.98. The van der Waals surface area contributed by atoms with Gasteiger partial charge in [0.15, 0.2) is 12.1 Å². The molecule has 2 aromatic rings. The highest BCUT2D eigenvalue weighted by molar-refractivity contribution is 5.86. The fraction of sp³-hybridized carbons (Fsp3) is 0.182. The minimum atomic E-state index is 0.142. The number of hydrogen-bond donors (Lipinski definition) is 0. The molecule has 0 aliphatic heterocycles. The van der Waals surface area contributed by atoms with Gasteiger partial charge in [0, 0.05) is 0 Å². The Balaban J connectivity index is 2.80. The lowest BCUT2D eigenvalue weighted by Gasteiger charge is -2.05. The molecule has 0 aliphatic rings. The van der Waals surface area contributed by atoms with E-state index in [4.69, 9.17) is 4.74 Å². The van der Waals surface area contributed by atoms with Crippen LogP contribution in [0.25, 0.3) is 10.9 Å². The smallest absolute Gasteiger partial charge is 0.224 e. The van der Waals surface area contributed by atoms with E-state index >= 15 is 0 Å². The molecular formula is C11H10N2O2. The molecule has 0 N–H and O–H groups in total. The van der Waals surface area contributed by atoms with Crippen molar-refractivity contribution in [2.45, 2.75) is 6.92 Å². The summed E-state index contributed by atoms with van der Waals surface area (Å²) in [6.45, 7) is 1.98. The molecular weight excluding hydrogens is 192 g/mol. The Kier molecular flexibility index (Phi) is 2.33. The molecule has 0 atom stereocenters. The number of aldehydes is 1. The minimum absolute atomic E-state index is 0.142. The van der Waals surface area contributed by atoms with Crippen molar-refractivity contribution in [1.82, 2.24) is 9.97 Å². The SMILES string of the molecule is COc1nc(C=O)nc2ccc(C)cc12. The molecule has 4 heteroatoms. The third-order valence-electron chi connectivity index (χ3n) is 2.13. The summed E-state index contributed by atoms with van der Waals surface area (Å²) in [4.78, 5) is 18.7. The molecule has 0 saturated heterocycles. The molecule has 0 radical (unpaired) electrons. The zero-order valence-corrected chi connectivity index (χ0v) is 8.52. The number of benzene rings is 1. The third-order valence-corrected chi connectivity index (χ3v) is 2.13. The molecule has 1 aromatic carbocycles. The second-order valence-electron chi connectivity index (χ2n) is 3.23. The second-order valence-corrected chi connectivity index (χ2v) is 3.23. The van der Waals surface area contributed by atoms with Gasteiger partial charge in [-0.2, -0.15) is 4.98 Å². The molecule has 2 rings (SSSR count). The van der Waals surface area contributed by atoms with Gasteiger partial charge in [0.1, 0.15) is 0 Å². The minimum Gasteiger partial charge on any atom is -0.480 e. The predicted octanol–water partition coefficient (Wildman–Crippen LogP) is 1.76. The molecule has 1 aromatic heterocycles. The lowest BCUT2D eigenvalue weighted by atomic mass is 10.1. The summed E-state index contributed by atoms with van der Waals surface area (Å²) in [6.07, 6.45) is 0.613. The number of carbonyl (C=O) groups is 1. The zero-order chi connectivity index (χ0) is 10.8. The number of rotatable bonds is 2. The maximum atomic E-state index is 10.6. The first kappa shape index (κ1) is 9.58. The molecule has 0 bridgehead atoms. The Morgan fingerprint density at radius 2 is 2.13 bits per heavy atom. The third kappa shape index (κ3) is 1.66. The van der Waals surface area contributed by atoms with Gasteiger partial charge in [-0.15, -0.1) is 0 Å². The number of aromatic nitrogens is 2. The van der Waals surface area contributed by atoms with Crippen molar-refractivity contribution in [1.29, 1.82) is 0 Å². The van der Waals surface area contributed by atoms with Gasteiger partial charge in [-0.05, 0) is 19.1 Å². The lowest BCUT2D eigenvalue weighted by molar-refractivity contribution is 0.111. The summed E-state index contributed by atoms with van der Waals surface area (Å²) in [7, 11) is 1.53. The fourth-order valence-electron chi connectivity index (χ4n) is 1.44. The Morgan fingerprint density at radius 1 is 1.33 bits per heavy atom. The van der Waals surface area contributed by atoms with Gasteiger partial charge in [-0.25, -0.2) is 4.98 Å². The van der Waals surface area contributed by atoms with Crippen LogP contribution in [0, 0.1) is 6.92 Å². The summed E-state index contributed by atoms with van der Waals surface area (Å²) in [6, 6.07) is 5.72. The maximum absolute atomic E-state index is 10.6. The standard InChI is InChI=1S/C11H10N2O2/c1-7-3-4-9-8(5-7)11(15-2)13-10(6-14)12-9/h3-6H,1-2H3. The molecule has 1 heterocycles. The fourth-order valence-corrected chi connectivity index (χ4v) is 1.44. The number of nitrogens with zero attached hydrogens (tertiary/aromatic N) is 2. The Bertz CT molecular complexity index is 523. The quantitative estimate of drug-likeness (QED) is 0.696. The van der Waals surface area contributed by atoms with Crippen LogP contribution in [0.3, 0.4) is 0 Å². The molecule has 0 aliphatic carbocycles. The largest absolute Gasteiger partial charge is 0.480 e. The molecule has 76 valence electrons. The average Bonchev–Trinajstić information content (AvgIpc) is 2.27. The number of hydrogen-bond acceptors (Lipinski definition) is 4. The zero-order valence-electron chi connectivity index (χ0n) is 8.52. The van der Waals surface area contributed by atoms with Gasteiger partial charge >= 0.3 is 0 Å². The van der Waals surface area contributed by atoms with Gasteiger partial charge in [0.2, 0.25) is 5.88 Å². The number of fused-ring (bicyclic) bond motifs is 1. The highest BCUT2D eigenvalue weighted by Gasteiger charge is 2.07. The van der Waals surface area contributed by atoms with E-state index in [1.807, 2.05) is 25.1 Å². The van der Waals surface area contributed by atoms with Gasteiger partial charge in [0.25, 0.3) is 0 Å². The number of ether oxygens (including phenoxy) is 1. The molecule has 0 unspecified atom stereocenters. The topological polar surface area (TPSA) is 52.1 Å². The Morgan fingerprint density at radius 3 is 2.80 bits per heavy atom. The number of methoxy groups -OCH3 is 1. The van der Waals surface area contributed by atoms with E-state index in [0.717, 1.165) is 16.5 Å². The van der Waals surface area contributed by atoms with Crippen molar-refractivity contribution in [3.63, 3.8) is 0 Å². The molecule has 4 nitrogen and oxygen atoms in total. The second kappa shape index (κ2) is 3.65. The first-order valence-corrected chi connectivity index (χ1v) is 4.52. The number of carbonyl (C=O) groups excluding carboxylic acids is 1. The summed E-state index contributed by atoms with van der Waals surface area (Å²) < 4.78 is 5.11. The van der Waals surface area contributed by atoms with Crippen LogP contribution in [0.1, 0.15) is 16.2 Å². The summed E-state index contributed by atoms with van der Waals surface area (Å²) in [5, 5.41) is 0.822. The van der Waals surface area contributed by atoms with Crippen LogP contribution in [0.4, 0.5) is 0 Å². The highest BCUT2D eigenvalue weighted by atomic mass is 16.5. The normalized spacial score (nSPS) is 10.3. The van der Waals surface area contributed by atoms with Gasteiger partial charge < -0.3 is 4.74 Å². The van der Waals surface area contributed by atoms with Gasteiger partial charge in [0.05, 0.1) is 18.0 Å².